The van der Waals surface area contributed by atoms with Crippen molar-refractivity contribution in [3.05, 3.63) is 89.7 Å². The smallest absolute Gasteiger partial charge is 0.141 e. The van der Waals surface area contributed by atoms with Gasteiger partial charge in [-0.05, 0) is 41.5 Å². The second kappa shape index (κ2) is 8.01. The highest BCUT2D eigenvalue weighted by molar-refractivity contribution is 7.13. The second-order valence-electron chi connectivity index (χ2n) is 6.83. The van der Waals surface area contributed by atoms with Crippen LogP contribution in [0.5, 0.6) is 5.75 Å². The van der Waals surface area contributed by atoms with Crippen LogP contribution in [0, 0.1) is 17.1 Å². The molecule has 0 spiro atoms. The molecule has 0 aliphatic rings. The van der Waals surface area contributed by atoms with Gasteiger partial charge in [-0.1, -0.05) is 12.1 Å². The number of pyridine rings is 1. The first-order valence-electron chi connectivity index (χ1n) is 9.39. The van der Waals surface area contributed by atoms with E-state index in [2.05, 4.69) is 16.0 Å². The number of aromatic nitrogens is 2. The van der Waals surface area contributed by atoms with Gasteiger partial charge in [0.25, 0.3) is 0 Å². The molecule has 0 saturated heterocycles. The minimum atomic E-state index is -0.383. The minimum absolute atomic E-state index is 0.232. The average molecular weight is 427 g/mol. The zero-order chi connectivity index (χ0) is 21.2. The van der Waals surface area contributed by atoms with Crippen molar-refractivity contribution in [3.8, 4) is 33.5 Å². The Morgan fingerprint density at radius 2 is 2.03 bits per heavy atom. The fourth-order valence-corrected chi connectivity index (χ4v) is 4.01. The minimum Gasteiger partial charge on any atom is -0.489 e. The lowest BCUT2D eigenvalue weighted by molar-refractivity contribution is 0.305. The van der Waals surface area contributed by atoms with Gasteiger partial charge in [0, 0.05) is 34.2 Å². The van der Waals surface area contributed by atoms with Gasteiger partial charge in [-0.3, -0.25) is 0 Å². The average Bonchev–Trinajstić information content (AvgIpc) is 3.51. The van der Waals surface area contributed by atoms with Crippen molar-refractivity contribution in [1.82, 2.24) is 9.97 Å². The largest absolute Gasteiger partial charge is 0.489 e. The fourth-order valence-electron chi connectivity index (χ4n) is 3.38. The number of hydrogen-bond acceptors (Lipinski definition) is 6. The van der Waals surface area contributed by atoms with E-state index in [0.29, 0.717) is 22.5 Å². The summed E-state index contributed by atoms with van der Waals surface area (Å²) in [6.07, 6.45) is 4.91. The van der Waals surface area contributed by atoms with Crippen molar-refractivity contribution in [1.29, 1.82) is 5.26 Å². The first-order chi connectivity index (χ1) is 15.2. The summed E-state index contributed by atoms with van der Waals surface area (Å²) < 4.78 is 25.1. The third-order valence-corrected chi connectivity index (χ3v) is 5.60. The molecule has 0 amide bonds. The maximum absolute atomic E-state index is 14.1. The van der Waals surface area contributed by atoms with Crippen molar-refractivity contribution in [2.75, 3.05) is 0 Å². The molecule has 0 fully saturated rings. The number of halogens is 1. The van der Waals surface area contributed by atoms with Crippen LogP contribution in [-0.4, -0.2) is 9.97 Å². The first-order valence-corrected chi connectivity index (χ1v) is 10.3. The molecule has 5 aromatic rings. The maximum Gasteiger partial charge on any atom is 0.141 e. The first kappa shape index (κ1) is 19.0. The van der Waals surface area contributed by atoms with Gasteiger partial charge in [0.05, 0.1) is 18.0 Å². The van der Waals surface area contributed by atoms with Gasteiger partial charge in [0.15, 0.2) is 0 Å². The summed E-state index contributed by atoms with van der Waals surface area (Å²) in [6, 6.07) is 16.0. The molecular formula is C24H14FN3O2S. The molecule has 0 atom stereocenters. The summed E-state index contributed by atoms with van der Waals surface area (Å²) in [5.74, 6) is 0.0365. The Hall–Kier alpha value is -4.02. The van der Waals surface area contributed by atoms with Crippen molar-refractivity contribution in [3.63, 3.8) is 0 Å². The molecule has 3 heterocycles. The van der Waals surface area contributed by atoms with E-state index in [9.17, 15) is 9.65 Å². The van der Waals surface area contributed by atoms with Crippen molar-refractivity contribution in [2.24, 2.45) is 0 Å². The predicted molar refractivity (Wildman–Crippen MR) is 116 cm³/mol. The lowest BCUT2D eigenvalue weighted by Gasteiger charge is -2.10. The van der Waals surface area contributed by atoms with Crippen molar-refractivity contribution >= 4 is 22.2 Å². The van der Waals surface area contributed by atoms with E-state index in [0.717, 1.165) is 27.1 Å². The van der Waals surface area contributed by atoms with Gasteiger partial charge in [-0.15, -0.1) is 11.3 Å². The molecule has 0 aliphatic heterocycles. The van der Waals surface area contributed by atoms with Gasteiger partial charge < -0.3 is 9.15 Å². The van der Waals surface area contributed by atoms with E-state index in [1.165, 1.54) is 23.5 Å². The standard InChI is InChI=1S/C24H14FN3O2S/c25-18-8-17(24-27-4-6-31-24)9-20(10-18)30-13-15-1-2-21-22(16-3-5-29-14-16)11-19(12-26)28-23(21)7-15/h1-11,14H,13H2. The van der Waals surface area contributed by atoms with E-state index in [4.69, 9.17) is 9.15 Å². The summed E-state index contributed by atoms with van der Waals surface area (Å²) >= 11 is 1.44. The number of thiazole rings is 1. The lowest BCUT2D eigenvalue weighted by Crippen LogP contribution is -1.97. The van der Waals surface area contributed by atoms with Crippen LogP contribution in [-0.2, 0) is 6.61 Å². The predicted octanol–water partition coefficient (Wildman–Crippen LogP) is 6.21. The van der Waals surface area contributed by atoms with Gasteiger partial charge in [0.2, 0.25) is 0 Å². The van der Waals surface area contributed by atoms with Gasteiger partial charge in [0.1, 0.15) is 34.9 Å². The lowest BCUT2D eigenvalue weighted by atomic mass is 10.0. The van der Waals surface area contributed by atoms with Crippen LogP contribution in [0.25, 0.3) is 32.6 Å². The molecule has 0 unspecified atom stereocenters. The van der Waals surface area contributed by atoms with E-state index in [1.807, 2.05) is 29.6 Å². The number of nitrogens with zero attached hydrogens (tertiary/aromatic N) is 3. The molecule has 0 bridgehead atoms. The molecule has 0 aliphatic carbocycles. The highest BCUT2D eigenvalue weighted by Gasteiger charge is 2.11. The number of furan rings is 1. The normalized spacial score (nSPS) is 10.8. The molecule has 0 radical (unpaired) electrons. The highest BCUT2D eigenvalue weighted by Crippen LogP contribution is 2.31. The van der Waals surface area contributed by atoms with E-state index in [-0.39, 0.29) is 12.4 Å². The van der Waals surface area contributed by atoms with E-state index >= 15 is 0 Å². The van der Waals surface area contributed by atoms with Crippen LogP contribution in [0.4, 0.5) is 4.39 Å². The number of fused-ring (bicyclic) bond motifs is 1. The van der Waals surface area contributed by atoms with Gasteiger partial charge in [-0.25, -0.2) is 14.4 Å². The quantitative estimate of drug-likeness (QED) is 0.333. The van der Waals surface area contributed by atoms with Crippen LogP contribution >= 0.6 is 11.3 Å². The molecule has 150 valence electrons. The second-order valence-corrected chi connectivity index (χ2v) is 7.73. The Morgan fingerprint density at radius 1 is 1.10 bits per heavy atom. The highest BCUT2D eigenvalue weighted by atomic mass is 32.1. The van der Waals surface area contributed by atoms with Crippen LogP contribution < -0.4 is 4.74 Å². The molecule has 5 nitrogen and oxygen atoms in total. The Labute approximate surface area is 181 Å². The number of ether oxygens (including phenoxy) is 1. The van der Waals surface area contributed by atoms with Crippen molar-refractivity contribution in [2.45, 2.75) is 6.61 Å². The number of rotatable bonds is 5. The van der Waals surface area contributed by atoms with Crippen LogP contribution in [0.2, 0.25) is 0 Å². The molecule has 3 aromatic heterocycles. The maximum atomic E-state index is 14.1. The summed E-state index contributed by atoms with van der Waals surface area (Å²) in [7, 11) is 0. The summed E-state index contributed by atoms with van der Waals surface area (Å²) in [5.41, 5.74) is 4.28. The fraction of sp³-hybridized carbons (Fsp3) is 0.0417. The Balaban J connectivity index is 1.45. The monoisotopic (exact) mass is 427 g/mol. The number of nitriles is 1. The Bertz CT molecular complexity index is 1410. The molecule has 2 aromatic carbocycles. The zero-order valence-electron chi connectivity index (χ0n) is 16.1. The molecule has 5 rings (SSSR count). The van der Waals surface area contributed by atoms with Gasteiger partial charge in [-0.2, -0.15) is 5.26 Å². The Morgan fingerprint density at radius 3 is 2.81 bits per heavy atom. The molecule has 0 N–H and O–H groups in total. The summed E-state index contributed by atoms with van der Waals surface area (Å²) in [5, 5.41) is 12.8. The van der Waals surface area contributed by atoms with E-state index in [1.54, 1.807) is 30.9 Å². The molecular weight excluding hydrogens is 413 g/mol. The van der Waals surface area contributed by atoms with Crippen LogP contribution in [0.1, 0.15) is 11.3 Å². The third kappa shape index (κ3) is 3.89. The third-order valence-electron chi connectivity index (χ3n) is 4.78. The van der Waals surface area contributed by atoms with Crippen LogP contribution in [0.3, 0.4) is 0 Å². The van der Waals surface area contributed by atoms with Crippen LogP contribution in [0.15, 0.2) is 77.1 Å². The van der Waals surface area contributed by atoms with E-state index < -0.39 is 0 Å². The molecule has 0 saturated carbocycles. The number of benzene rings is 2. The molecule has 31 heavy (non-hydrogen) atoms. The summed E-state index contributed by atoms with van der Waals surface area (Å²) in [4.78, 5) is 8.65. The van der Waals surface area contributed by atoms with Crippen molar-refractivity contribution < 1.29 is 13.5 Å². The number of hydrogen-bond donors (Lipinski definition) is 0. The Kier molecular flexibility index (Phi) is 4.90. The topological polar surface area (TPSA) is 71.9 Å². The summed E-state index contributed by atoms with van der Waals surface area (Å²) in [6.45, 7) is 0.232. The van der Waals surface area contributed by atoms with Gasteiger partial charge >= 0.3 is 0 Å². The SMILES string of the molecule is N#Cc1cc(-c2ccoc2)c2ccc(COc3cc(F)cc(-c4nccs4)c3)cc2n1. The zero-order valence-corrected chi connectivity index (χ0v) is 16.9. The molecule has 7 heteroatoms.